The maximum absolute atomic E-state index is 12.1. The molecule has 0 spiro atoms. The van der Waals surface area contributed by atoms with Gasteiger partial charge in [-0.3, -0.25) is 4.79 Å². The van der Waals surface area contributed by atoms with Crippen LogP contribution in [0.2, 0.25) is 0 Å². The molecule has 1 aromatic carbocycles. The maximum Gasteiger partial charge on any atom is 0.244 e. The van der Waals surface area contributed by atoms with Crippen molar-refractivity contribution in [2.75, 3.05) is 23.3 Å². The lowest BCUT2D eigenvalue weighted by Crippen LogP contribution is -2.47. The number of carbonyl (C=O) groups excluding carboxylic acids is 1. The van der Waals surface area contributed by atoms with Crippen molar-refractivity contribution < 1.29 is 4.79 Å². The number of hydrogen-bond acceptors (Lipinski definition) is 3. The van der Waals surface area contributed by atoms with Crippen LogP contribution in [0, 0.1) is 0 Å². The standard InChI is InChI=1S/C17H27N3O/c1-3-17(2,18)16(21)19-14-8-10-15(11-9-14)20-12-6-4-5-7-13-20/h8-11H,3-7,12-13,18H2,1-2H3,(H,19,21). The van der Waals surface area contributed by atoms with E-state index >= 15 is 0 Å². The number of rotatable bonds is 4. The Labute approximate surface area is 127 Å². The van der Waals surface area contributed by atoms with Gasteiger partial charge in [-0.15, -0.1) is 0 Å². The van der Waals surface area contributed by atoms with Crippen molar-refractivity contribution in [3.8, 4) is 0 Å². The van der Waals surface area contributed by atoms with E-state index in [-0.39, 0.29) is 5.91 Å². The molecule has 116 valence electrons. The largest absolute Gasteiger partial charge is 0.372 e. The maximum atomic E-state index is 12.1. The van der Waals surface area contributed by atoms with Crippen molar-refractivity contribution in [2.24, 2.45) is 5.73 Å². The molecule has 1 aliphatic rings. The third-order valence-electron chi connectivity index (χ3n) is 4.35. The molecule has 2 rings (SSSR count). The molecular formula is C17H27N3O. The first-order valence-corrected chi connectivity index (χ1v) is 7.98. The Bertz CT molecular complexity index is 459. The Morgan fingerprint density at radius 3 is 2.29 bits per heavy atom. The van der Waals surface area contributed by atoms with Gasteiger partial charge in [-0.25, -0.2) is 0 Å². The quantitative estimate of drug-likeness (QED) is 0.895. The molecule has 1 fully saturated rings. The molecule has 1 saturated heterocycles. The Hall–Kier alpha value is -1.55. The van der Waals surface area contributed by atoms with Gasteiger partial charge in [0.25, 0.3) is 0 Å². The number of anilines is 2. The molecule has 1 unspecified atom stereocenters. The van der Waals surface area contributed by atoms with E-state index in [2.05, 4.69) is 22.3 Å². The van der Waals surface area contributed by atoms with Crippen LogP contribution in [0.1, 0.15) is 46.0 Å². The van der Waals surface area contributed by atoms with Gasteiger partial charge in [0.2, 0.25) is 5.91 Å². The number of nitrogens with one attached hydrogen (secondary N) is 1. The Balaban J connectivity index is 2.00. The summed E-state index contributed by atoms with van der Waals surface area (Å²) in [5.74, 6) is -0.132. The van der Waals surface area contributed by atoms with E-state index in [4.69, 9.17) is 5.73 Å². The average Bonchev–Trinajstić information content (AvgIpc) is 2.77. The van der Waals surface area contributed by atoms with Gasteiger partial charge >= 0.3 is 0 Å². The number of nitrogens with two attached hydrogens (primary N) is 1. The number of carbonyl (C=O) groups is 1. The van der Waals surface area contributed by atoms with Gasteiger partial charge in [0.05, 0.1) is 5.54 Å². The van der Waals surface area contributed by atoms with E-state index in [9.17, 15) is 4.79 Å². The van der Waals surface area contributed by atoms with E-state index in [0.717, 1.165) is 18.8 Å². The molecule has 0 bridgehead atoms. The lowest BCUT2D eigenvalue weighted by molar-refractivity contribution is -0.120. The van der Waals surface area contributed by atoms with Crippen molar-refractivity contribution in [1.82, 2.24) is 0 Å². The lowest BCUT2D eigenvalue weighted by Gasteiger charge is -2.24. The summed E-state index contributed by atoms with van der Waals surface area (Å²) in [5.41, 5.74) is 7.18. The summed E-state index contributed by atoms with van der Waals surface area (Å²) in [7, 11) is 0. The molecule has 0 aliphatic carbocycles. The number of benzene rings is 1. The van der Waals surface area contributed by atoms with E-state index in [1.165, 1.54) is 31.4 Å². The third-order valence-corrected chi connectivity index (χ3v) is 4.35. The smallest absolute Gasteiger partial charge is 0.244 e. The van der Waals surface area contributed by atoms with Crippen LogP contribution in [-0.2, 0) is 4.79 Å². The number of hydrogen-bond donors (Lipinski definition) is 2. The van der Waals surface area contributed by atoms with Crippen molar-refractivity contribution in [3.63, 3.8) is 0 Å². The monoisotopic (exact) mass is 289 g/mol. The molecule has 1 heterocycles. The summed E-state index contributed by atoms with van der Waals surface area (Å²) < 4.78 is 0. The zero-order valence-electron chi connectivity index (χ0n) is 13.2. The third kappa shape index (κ3) is 4.21. The minimum Gasteiger partial charge on any atom is -0.372 e. The van der Waals surface area contributed by atoms with Crippen LogP contribution in [0.25, 0.3) is 0 Å². The van der Waals surface area contributed by atoms with Crippen LogP contribution >= 0.6 is 0 Å². The summed E-state index contributed by atoms with van der Waals surface area (Å²) in [6, 6.07) is 8.09. The summed E-state index contributed by atoms with van der Waals surface area (Å²) in [6.07, 6.45) is 5.80. The molecule has 21 heavy (non-hydrogen) atoms. The van der Waals surface area contributed by atoms with Gasteiger partial charge in [-0.2, -0.15) is 0 Å². The molecule has 1 atom stereocenters. The molecular weight excluding hydrogens is 262 g/mol. The highest BCUT2D eigenvalue weighted by Gasteiger charge is 2.25. The molecule has 3 N–H and O–H groups in total. The summed E-state index contributed by atoms with van der Waals surface area (Å²) in [6.45, 7) is 5.93. The van der Waals surface area contributed by atoms with E-state index in [1.807, 2.05) is 19.1 Å². The Morgan fingerprint density at radius 1 is 1.19 bits per heavy atom. The predicted octanol–water partition coefficient (Wildman–Crippen LogP) is 3.13. The molecule has 0 aromatic heterocycles. The van der Waals surface area contributed by atoms with Gasteiger partial charge in [-0.1, -0.05) is 19.8 Å². The van der Waals surface area contributed by atoms with Crippen LogP contribution < -0.4 is 16.0 Å². The highest BCUT2D eigenvalue weighted by molar-refractivity contribution is 5.97. The van der Waals surface area contributed by atoms with Crippen molar-refractivity contribution in [2.45, 2.75) is 51.5 Å². The van der Waals surface area contributed by atoms with Gasteiger partial charge in [0, 0.05) is 24.5 Å². The molecule has 1 aromatic rings. The van der Waals surface area contributed by atoms with E-state index in [0.29, 0.717) is 6.42 Å². The molecule has 0 saturated carbocycles. The first-order valence-electron chi connectivity index (χ1n) is 7.98. The fourth-order valence-electron chi connectivity index (χ4n) is 2.52. The zero-order chi connectivity index (χ0) is 15.3. The SMILES string of the molecule is CCC(C)(N)C(=O)Nc1ccc(N2CCCCCC2)cc1. The lowest BCUT2D eigenvalue weighted by atomic mass is 9.99. The van der Waals surface area contributed by atoms with Crippen molar-refractivity contribution in [3.05, 3.63) is 24.3 Å². The van der Waals surface area contributed by atoms with Crippen molar-refractivity contribution in [1.29, 1.82) is 0 Å². The first kappa shape index (κ1) is 15.8. The second-order valence-corrected chi connectivity index (χ2v) is 6.17. The van der Waals surface area contributed by atoms with Crippen LogP contribution in [-0.4, -0.2) is 24.5 Å². The van der Waals surface area contributed by atoms with Crippen LogP contribution in [0.5, 0.6) is 0 Å². The van der Waals surface area contributed by atoms with Gasteiger partial charge in [0.15, 0.2) is 0 Å². The van der Waals surface area contributed by atoms with Gasteiger partial charge < -0.3 is 16.0 Å². The Morgan fingerprint density at radius 2 is 1.76 bits per heavy atom. The van der Waals surface area contributed by atoms with Gasteiger partial charge in [-0.05, 0) is 50.5 Å². The van der Waals surface area contributed by atoms with E-state index < -0.39 is 5.54 Å². The molecule has 4 heteroatoms. The molecule has 4 nitrogen and oxygen atoms in total. The minimum absolute atomic E-state index is 0.132. The van der Waals surface area contributed by atoms with Gasteiger partial charge in [0.1, 0.15) is 0 Å². The number of amides is 1. The summed E-state index contributed by atoms with van der Waals surface area (Å²) in [4.78, 5) is 14.5. The Kier molecular flexibility index (Phi) is 5.23. The fourth-order valence-corrected chi connectivity index (χ4v) is 2.52. The van der Waals surface area contributed by atoms with Crippen LogP contribution in [0.15, 0.2) is 24.3 Å². The molecule has 0 radical (unpaired) electrons. The first-order chi connectivity index (χ1) is 10.0. The normalized spacial score (nSPS) is 18.7. The fraction of sp³-hybridized carbons (Fsp3) is 0.588. The van der Waals surface area contributed by atoms with Crippen LogP contribution in [0.4, 0.5) is 11.4 Å². The predicted molar refractivity (Wildman–Crippen MR) is 88.6 cm³/mol. The van der Waals surface area contributed by atoms with E-state index in [1.54, 1.807) is 6.92 Å². The second kappa shape index (κ2) is 6.94. The number of nitrogens with zero attached hydrogens (tertiary/aromatic N) is 1. The average molecular weight is 289 g/mol. The van der Waals surface area contributed by atoms with Crippen molar-refractivity contribution >= 4 is 17.3 Å². The molecule has 1 aliphatic heterocycles. The molecule has 1 amide bonds. The summed E-state index contributed by atoms with van der Waals surface area (Å²) >= 11 is 0. The summed E-state index contributed by atoms with van der Waals surface area (Å²) in [5, 5.41) is 2.89. The van der Waals surface area contributed by atoms with Crippen LogP contribution in [0.3, 0.4) is 0 Å². The highest BCUT2D eigenvalue weighted by Crippen LogP contribution is 2.22. The zero-order valence-corrected chi connectivity index (χ0v) is 13.2. The second-order valence-electron chi connectivity index (χ2n) is 6.17. The minimum atomic E-state index is -0.816. The highest BCUT2D eigenvalue weighted by atomic mass is 16.2. The topological polar surface area (TPSA) is 58.4 Å².